The molecule has 0 aliphatic heterocycles. The van der Waals surface area contributed by atoms with Crippen molar-refractivity contribution in [3.63, 3.8) is 0 Å². The lowest BCUT2D eigenvalue weighted by Gasteiger charge is -2.12. The molecule has 0 atom stereocenters. The number of para-hydroxylation sites is 1. The number of hydrogen-bond acceptors (Lipinski definition) is 5. The van der Waals surface area contributed by atoms with Crippen LogP contribution in [0.5, 0.6) is 5.75 Å². The summed E-state index contributed by atoms with van der Waals surface area (Å²) in [7, 11) is -1.89. The van der Waals surface area contributed by atoms with Crippen LogP contribution in [0.4, 0.5) is 0 Å². The summed E-state index contributed by atoms with van der Waals surface area (Å²) < 4.78 is 32.8. The van der Waals surface area contributed by atoms with Gasteiger partial charge in [0, 0.05) is 20.1 Å². The molecule has 0 spiro atoms. The normalized spacial score (nSPS) is 12.0. The fourth-order valence-corrected chi connectivity index (χ4v) is 4.51. The van der Waals surface area contributed by atoms with Gasteiger partial charge in [0.15, 0.2) is 5.96 Å². The molecule has 0 amide bonds. The third-order valence-corrected chi connectivity index (χ3v) is 6.34. The van der Waals surface area contributed by atoms with Crippen molar-refractivity contribution in [3.05, 3.63) is 46.8 Å². The van der Waals surface area contributed by atoms with Crippen LogP contribution in [0, 0.1) is 0 Å². The number of halogens is 1. The average molecular weight is 417 g/mol. The zero-order valence-electron chi connectivity index (χ0n) is 14.2. The second-order valence-corrected chi connectivity index (χ2v) is 8.75. The minimum absolute atomic E-state index is 0.197. The van der Waals surface area contributed by atoms with Gasteiger partial charge in [0.25, 0.3) is 0 Å². The Balaban J connectivity index is 1.64. The van der Waals surface area contributed by atoms with Gasteiger partial charge < -0.3 is 15.4 Å². The summed E-state index contributed by atoms with van der Waals surface area (Å²) in [6.07, 6.45) is 0. The maximum Gasteiger partial charge on any atom is 0.250 e. The van der Waals surface area contributed by atoms with E-state index in [1.54, 1.807) is 13.1 Å². The van der Waals surface area contributed by atoms with Crippen LogP contribution in [0.2, 0.25) is 4.34 Å². The van der Waals surface area contributed by atoms with Gasteiger partial charge in [-0.25, -0.2) is 13.1 Å². The Morgan fingerprint density at radius 3 is 2.50 bits per heavy atom. The second kappa shape index (κ2) is 10.4. The molecule has 10 heteroatoms. The first kappa shape index (κ1) is 20.5. The highest BCUT2D eigenvalue weighted by Gasteiger charge is 2.15. The molecule has 1 aromatic carbocycles. The van der Waals surface area contributed by atoms with Gasteiger partial charge in [0.05, 0.1) is 10.9 Å². The van der Waals surface area contributed by atoms with Crippen LogP contribution < -0.4 is 20.1 Å². The molecule has 7 nitrogen and oxygen atoms in total. The Labute approximate surface area is 162 Å². The van der Waals surface area contributed by atoms with Gasteiger partial charge in [-0.2, -0.15) is 0 Å². The minimum atomic E-state index is -3.53. The zero-order valence-corrected chi connectivity index (χ0v) is 16.6. The molecule has 0 saturated carbocycles. The first-order valence-corrected chi connectivity index (χ1v) is 10.6. The van der Waals surface area contributed by atoms with Crippen LogP contribution in [0.15, 0.2) is 51.7 Å². The van der Waals surface area contributed by atoms with Crippen LogP contribution >= 0.6 is 22.9 Å². The van der Waals surface area contributed by atoms with Crippen LogP contribution in [-0.2, 0) is 10.0 Å². The van der Waals surface area contributed by atoms with Crippen molar-refractivity contribution >= 4 is 38.9 Å². The predicted molar refractivity (Wildman–Crippen MR) is 106 cm³/mol. The lowest BCUT2D eigenvalue weighted by molar-refractivity contribution is 0.322. The molecule has 26 heavy (non-hydrogen) atoms. The van der Waals surface area contributed by atoms with Crippen molar-refractivity contribution in [1.29, 1.82) is 0 Å². The Bertz CT molecular complexity index is 810. The quantitative estimate of drug-likeness (QED) is 0.330. The number of hydrogen-bond donors (Lipinski definition) is 3. The van der Waals surface area contributed by atoms with Gasteiger partial charge in [0.2, 0.25) is 10.0 Å². The third-order valence-electron chi connectivity index (χ3n) is 3.15. The van der Waals surface area contributed by atoms with Crippen LogP contribution in [0.25, 0.3) is 0 Å². The zero-order chi connectivity index (χ0) is 18.8. The molecule has 1 aromatic heterocycles. The van der Waals surface area contributed by atoms with Gasteiger partial charge >= 0.3 is 0 Å². The number of ether oxygens (including phenoxy) is 1. The van der Waals surface area contributed by atoms with E-state index in [0.717, 1.165) is 17.1 Å². The standard InChI is InChI=1S/C16H21ClN4O3S2/c1-18-16(20-11-12-24-13-5-3-2-4-6-13)19-9-10-21-26(22,23)15-8-7-14(17)25-15/h2-8,21H,9-12H2,1H3,(H2,18,19,20). The van der Waals surface area contributed by atoms with Crippen molar-refractivity contribution < 1.29 is 13.2 Å². The molecule has 0 aliphatic carbocycles. The highest BCUT2D eigenvalue weighted by atomic mass is 35.5. The lowest BCUT2D eigenvalue weighted by atomic mass is 10.3. The van der Waals surface area contributed by atoms with E-state index in [4.69, 9.17) is 16.3 Å². The number of thiophene rings is 1. The van der Waals surface area contributed by atoms with Crippen molar-refractivity contribution in [2.45, 2.75) is 4.21 Å². The Morgan fingerprint density at radius 1 is 1.12 bits per heavy atom. The van der Waals surface area contributed by atoms with E-state index in [1.807, 2.05) is 30.3 Å². The van der Waals surface area contributed by atoms with Crippen molar-refractivity contribution in [2.24, 2.45) is 4.99 Å². The molecule has 142 valence electrons. The van der Waals surface area contributed by atoms with Crippen LogP contribution in [-0.4, -0.2) is 47.7 Å². The summed E-state index contributed by atoms with van der Waals surface area (Å²) in [4.78, 5) is 4.07. The maximum atomic E-state index is 12.1. The first-order valence-electron chi connectivity index (χ1n) is 7.88. The Morgan fingerprint density at radius 2 is 1.85 bits per heavy atom. The van der Waals surface area contributed by atoms with E-state index < -0.39 is 10.0 Å². The van der Waals surface area contributed by atoms with E-state index >= 15 is 0 Å². The molecule has 0 unspecified atom stereocenters. The summed E-state index contributed by atoms with van der Waals surface area (Å²) in [5, 5.41) is 6.12. The molecule has 3 N–H and O–H groups in total. The molecular formula is C16H21ClN4O3S2. The van der Waals surface area contributed by atoms with Gasteiger partial charge in [-0.15, -0.1) is 11.3 Å². The Hall–Kier alpha value is -1.81. The smallest absolute Gasteiger partial charge is 0.250 e. The lowest BCUT2D eigenvalue weighted by Crippen LogP contribution is -2.42. The number of guanidine groups is 1. The average Bonchev–Trinajstić information content (AvgIpc) is 3.08. The van der Waals surface area contributed by atoms with E-state index in [1.165, 1.54) is 6.07 Å². The molecule has 0 fully saturated rings. The predicted octanol–water partition coefficient (Wildman–Crippen LogP) is 1.92. The van der Waals surface area contributed by atoms with E-state index in [2.05, 4.69) is 20.3 Å². The number of benzene rings is 1. The molecule has 0 saturated heterocycles. The van der Waals surface area contributed by atoms with Crippen LogP contribution in [0.3, 0.4) is 0 Å². The van der Waals surface area contributed by atoms with Crippen molar-refractivity contribution in [1.82, 2.24) is 15.4 Å². The number of nitrogens with zero attached hydrogens (tertiary/aromatic N) is 1. The molecule has 2 rings (SSSR count). The summed E-state index contributed by atoms with van der Waals surface area (Å²) in [5.41, 5.74) is 0. The molecule has 1 heterocycles. The first-order chi connectivity index (χ1) is 12.5. The van der Waals surface area contributed by atoms with Crippen molar-refractivity contribution in [2.75, 3.05) is 33.3 Å². The molecular weight excluding hydrogens is 396 g/mol. The van der Waals surface area contributed by atoms with Gasteiger partial charge in [-0.3, -0.25) is 4.99 Å². The minimum Gasteiger partial charge on any atom is -0.492 e. The number of nitrogens with one attached hydrogen (secondary N) is 3. The number of aliphatic imine (C=N–C) groups is 1. The fraction of sp³-hybridized carbons (Fsp3) is 0.312. The summed E-state index contributed by atoms with van der Waals surface area (Å²) in [6, 6.07) is 12.6. The summed E-state index contributed by atoms with van der Waals surface area (Å²) in [6.45, 7) is 1.65. The van der Waals surface area contributed by atoms with E-state index in [9.17, 15) is 8.42 Å². The maximum absolute atomic E-state index is 12.1. The van der Waals surface area contributed by atoms with Gasteiger partial charge in [-0.1, -0.05) is 29.8 Å². The second-order valence-electron chi connectivity index (χ2n) is 5.04. The van der Waals surface area contributed by atoms with E-state index in [0.29, 0.717) is 30.0 Å². The summed E-state index contributed by atoms with van der Waals surface area (Å²) in [5.74, 6) is 1.38. The van der Waals surface area contributed by atoms with Crippen LogP contribution in [0.1, 0.15) is 0 Å². The topological polar surface area (TPSA) is 91.8 Å². The number of rotatable bonds is 9. The fourth-order valence-electron chi connectivity index (χ4n) is 1.96. The number of sulfonamides is 1. The highest BCUT2D eigenvalue weighted by Crippen LogP contribution is 2.25. The molecule has 0 radical (unpaired) electrons. The van der Waals surface area contributed by atoms with E-state index in [-0.39, 0.29) is 10.8 Å². The van der Waals surface area contributed by atoms with Gasteiger partial charge in [0.1, 0.15) is 16.6 Å². The Kier molecular flexibility index (Phi) is 8.17. The summed E-state index contributed by atoms with van der Waals surface area (Å²) >= 11 is 6.79. The molecule has 0 bridgehead atoms. The van der Waals surface area contributed by atoms with Crippen molar-refractivity contribution in [3.8, 4) is 5.75 Å². The highest BCUT2D eigenvalue weighted by molar-refractivity contribution is 7.91. The molecule has 2 aromatic rings. The largest absolute Gasteiger partial charge is 0.492 e. The molecule has 0 aliphatic rings. The third kappa shape index (κ3) is 6.83. The van der Waals surface area contributed by atoms with Gasteiger partial charge in [-0.05, 0) is 24.3 Å². The SMILES string of the molecule is CN=C(NCCNS(=O)(=O)c1ccc(Cl)s1)NCCOc1ccccc1. The monoisotopic (exact) mass is 416 g/mol.